The van der Waals surface area contributed by atoms with E-state index in [1.54, 1.807) is 17.2 Å². The summed E-state index contributed by atoms with van der Waals surface area (Å²) in [7, 11) is 3.64. The number of carbonyl (C=O) groups excluding carboxylic acids is 1. The van der Waals surface area contributed by atoms with Gasteiger partial charge in [0.2, 0.25) is 0 Å². The summed E-state index contributed by atoms with van der Waals surface area (Å²) in [4.78, 5) is 18.1. The molecule has 0 spiro atoms. The monoisotopic (exact) mass is 235 g/mol. The first-order valence-corrected chi connectivity index (χ1v) is 5.84. The van der Waals surface area contributed by atoms with E-state index in [-0.39, 0.29) is 11.4 Å². The van der Waals surface area contributed by atoms with Crippen LogP contribution in [0.3, 0.4) is 0 Å². The summed E-state index contributed by atoms with van der Waals surface area (Å²) in [5.74, 6) is -0.0421. The van der Waals surface area contributed by atoms with E-state index in [1.807, 2.05) is 34.0 Å². The molecule has 0 fully saturated rings. The van der Waals surface area contributed by atoms with Crippen molar-refractivity contribution < 1.29 is 4.79 Å². The zero-order chi connectivity index (χ0) is 13.1. The van der Waals surface area contributed by atoms with Crippen molar-refractivity contribution in [3.05, 3.63) is 24.0 Å². The summed E-state index contributed by atoms with van der Waals surface area (Å²) in [6.07, 6.45) is 2.57. The Morgan fingerprint density at radius 1 is 1.47 bits per heavy atom. The van der Waals surface area contributed by atoms with Crippen LogP contribution < -0.4 is 5.32 Å². The third-order valence-electron chi connectivity index (χ3n) is 3.35. The molecule has 1 amide bonds. The lowest BCUT2D eigenvalue weighted by atomic mass is 9.99. The number of carbonyl (C=O) groups is 1. The number of hydrogen-bond donors (Lipinski definition) is 1. The largest absolute Gasteiger partial charge is 0.387 e. The van der Waals surface area contributed by atoms with Gasteiger partial charge in [0.15, 0.2) is 0 Å². The quantitative estimate of drug-likeness (QED) is 0.871. The molecule has 94 valence electrons. The van der Waals surface area contributed by atoms with Gasteiger partial charge in [0.05, 0.1) is 11.9 Å². The van der Waals surface area contributed by atoms with Crippen LogP contribution in [0.15, 0.2) is 18.3 Å². The van der Waals surface area contributed by atoms with Crippen molar-refractivity contribution in [1.82, 2.24) is 9.88 Å². The van der Waals surface area contributed by atoms with E-state index in [9.17, 15) is 4.79 Å². The highest BCUT2D eigenvalue weighted by atomic mass is 16.2. The van der Waals surface area contributed by atoms with Crippen LogP contribution in [0.5, 0.6) is 0 Å². The zero-order valence-electron chi connectivity index (χ0n) is 11.2. The second kappa shape index (κ2) is 5.17. The van der Waals surface area contributed by atoms with Crippen LogP contribution in [0.25, 0.3) is 0 Å². The van der Waals surface area contributed by atoms with Gasteiger partial charge in [-0.25, -0.2) is 4.98 Å². The van der Waals surface area contributed by atoms with Crippen LogP contribution in [0, 0.1) is 0 Å². The van der Waals surface area contributed by atoms with Crippen molar-refractivity contribution in [3.63, 3.8) is 0 Å². The van der Waals surface area contributed by atoms with Gasteiger partial charge in [0.1, 0.15) is 5.69 Å². The summed E-state index contributed by atoms with van der Waals surface area (Å²) in [5, 5.41) is 2.98. The third-order valence-corrected chi connectivity index (χ3v) is 3.35. The lowest BCUT2D eigenvalue weighted by Gasteiger charge is -2.34. The van der Waals surface area contributed by atoms with Gasteiger partial charge in [-0.05, 0) is 32.4 Å². The molecule has 4 heteroatoms. The number of hydrogen-bond acceptors (Lipinski definition) is 3. The van der Waals surface area contributed by atoms with Crippen LogP contribution in [0.1, 0.15) is 37.7 Å². The predicted molar refractivity (Wildman–Crippen MR) is 70.2 cm³/mol. The summed E-state index contributed by atoms with van der Waals surface area (Å²) < 4.78 is 0. The molecule has 0 radical (unpaired) electrons. The maximum Gasteiger partial charge on any atom is 0.272 e. The van der Waals surface area contributed by atoms with Crippen molar-refractivity contribution in [2.24, 2.45) is 0 Å². The first-order chi connectivity index (χ1) is 7.92. The second-order valence-electron chi connectivity index (χ2n) is 4.71. The van der Waals surface area contributed by atoms with Gasteiger partial charge in [-0.1, -0.05) is 6.92 Å². The van der Waals surface area contributed by atoms with E-state index in [2.05, 4.69) is 17.2 Å². The molecule has 0 aromatic carbocycles. The number of rotatable bonds is 4. The number of nitrogens with one attached hydrogen (secondary N) is 1. The number of pyridine rings is 1. The van der Waals surface area contributed by atoms with Gasteiger partial charge in [-0.2, -0.15) is 0 Å². The number of nitrogens with zero attached hydrogens (tertiary/aromatic N) is 2. The fourth-order valence-electron chi connectivity index (χ4n) is 1.35. The van der Waals surface area contributed by atoms with E-state index in [0.717, 1.165) is 12.1 Å². The van der Waals surface area contributed by atoms with Crippen LogP contribution in [-0.2, 0) is 0 Å². The van der Waals surface area contributed by atoms with E-state index >= 15 is 0 Å². The minimum atomic E-state index is -0.152. The zero-order valence-corrected chi connectivity index (χ0v) is 11.2. The fraction of sp³-hybridized carbons (Fsp3) is 0.538. The van der Waals surface area contributed by atoms with Crippen molar-refractivity contribution in [2.45, 2.75) is 32.7 Å². The van der Waals surface area contributed by atoms with Crippen molar-refractivity contribution >= 4 is 11.6 Å². The van der Waals surface area contributed by atoms with Gasteiger partial charge in [-0.3, -0.25) is 4.79 Å². The molecular formula is C13H21N3O. The average molecular weight is 235 g/mol. The summed E-state index contributed by atoms with van der Waals surface area (Å²) in [6, 6.07) is 3.60. The van der Waals surface area contributed by atoms with Gasteiger partial charge < -0.3 is 10.2 Å². The van der Waals surface area contributed by atoms with Gasteiger partial charge in [0.25, 0.3) is 5.91 Å². The second-order valence-corrected chi connectivity index (χ2v) is 4.71. The maximum absolute atomic E-state index is 12.2. The summed E-state index contributed by atoms with van der Waals surface area (Å²) in [5.41, 5.74) is 1.23. The molecule has 4 nitrogen and oxygen atoms in total. The molecule has 1 rings (SSSR count). The van der Waals surface area contributed by atoms with Crippen LogP contribution in [0.2, 0.25) is 0 Å². The molecular weight excluding hydrogens is 214 g/mol. The Balaban J connectivity index is 2.89. The lowest BCUT2D eigenvalue weighted by Crippen LogP contribution is -2.44. The van der Waals surface area contributed by atoms with E-state index in [1.165, 1.54) is 0 Å². The Hall–Kier alpha value is -1.58. The molecule has 1 N–H and O–H groups in total. The number of aromatic nitrogens is 1. The normalized spacial score (nSPS) is 11.1. The van der Waals surface area contributed by atoms with E-state index < -0.39 is 0 Å². The Kier molecular flexibility index (Phi) is 4.10. The Bertz CT molecular complexity index is 384. The first-order valence-electron chi connectivity index (χ1n) is 5.84. The van der Waals surface area contributed by atoms with Gasteiger partial charge in [-0.15, -0.1) is 0 Å². The third kappa shape index (κ3) is 2.96. The highest BCUT2D eigenvalue weighted by Crippen LogP contribution is 2.18. The van der Waals surface area contributed by atoms with Crippen LogP contribution in [0.4, 0.5) is 5.69 Å². The highest BCUT2D eigenvalue weighted by Gasteiger charge is 2.26. The Labute approximate surface area is 103 Å². The average Bonchev–Trinajstić information content (AvgIpc) is 2.37. The first kappa shape index (κ1) is 13.5. The Morgan fingerprint density at radius 2 is 2.12 bits per heavy atom. The molecule has 0 unspecified atom stereocenters. The molecule has 0 aliphatic rings. The summed E-state index contributed by atoms with van der Waals surface area (Å²) in [6.45, 7) is 6.17. The molecule has 1 heterocycles. The van der Waals surface area contributed by atoms with E-state index in [4.69, 9.17) is 0 Å². The minimum Gasteiger partial charge on any atom is -0.387 e. The topological polar surface area (TPSA) is 45.2 Å². The van der Waals surface area contributed by atoms with Gasteiger partial charge >= 0.3 is 0 Å². The highest BCUT2D eigenvalue weighted by molar-refractivity contribution is 5.92. The molecule has 0 saturated heterocycles. The number of amides is 1. The van der Waals surface area contributed by atoms with Crippen molar-refractivity contribution in [2.75, 3.05) is 19.4 Å². The van der Waals surface area contributed by atoms with Crippen molar-refractivity contribution in [1.29, 1.82) is 0 Å². The summed E-state index contributed by atoms with van der Waals surface area (Å²) >= 11 is 0. The molecule has 1 aromatic rings. The predicted octanol–water partition coefficient (Wildman–Crippen LogP) is 2.38. The van der Waals surface area contributed by atoms with E-state index in [0.29, 0.717) is 5.69 Å². The molecule has 0 aliphatic carbocycles. The van der Waals surface area contributed by atoms with Crippen LogP contribution in [-0.4, -0.2) is 35.4 Å². The minimum absolute atomic E-state index is 0.0421. The molecule has 0 aliphatic heterocycles. The molecule has 0 saturated carbocycles. The van der Waals surface area contributed by atoms with Crippen molar-refractivity contribution in [3.8, 4) is 0 Å². The lowest BCUT2D eigenvalue weighted by molar-refractivity contribution is 0.0614. The number of anilines is 1. The molecule has 1 aromatic heterocycles. The molecule has 17 heavy (non-hydrogen) atoms. The smallest absolute Gasteiger partial charge is 0.272 e. The maximum atomic E-state index is 12.2. The molecule has 0 bridgehead atoms. The molecule has 0 atom stereocenters. The standard InChI is InChI=1S/C13H21N3O/c1-6-13(2,3)16(5)12(17)11-8-7-10(14-4)9-15-11/h7-9,14H,6H2,1-5H3. The van der Waals surface area contributed by atoms with Gasteiger partial charge in [0, 0.05) is 19.6 Å². The fourth-order valence-corrected chi connectivity index (χ4v) is 1.35. The van der Waals surface area contributed by atoms with Crippen LogP contribution >= 0.6 is 0 Å². The Morgan fingerprint density at radius 3 is 2.53 bits per heavy atom. The SMILES string of the molecule is CCC(C)(C)N(C)C(=O)c1ccc(NC)cn1.